The van der Waals surface area contributed by atoms with E-state index in [1.807, 2.05) is 0 Å². The van der Waals surface area contributed by atoms with Crippen molar-refractivity contribution in [2.75, 3.05) is 13.2 Å². The van der Waals surface area contributed by atoms with Gasteiger partial charge in [-0.25, -0.2) is 0 Å². The van der Waals surface area contributed by atoms with Crippen molar-refractivity contribution in [2.24, 2.45) is 0 Å². The Kier molecular flexibility index (Phi) is 30.3. The lowest BCUT2D eigenvalue weighted by Crippen LogP contribution is -2.59. The largest absolute Gasteiger partial charge is 0.394 e. The van der Waals surface area contributed by atoms with E-state index < -0.39 is 37.3 Å². The number of ether oxygens (including phenoxy) is 2. The average Bonchev–Trinajstić information content (AvgIpc) is 3.08. The van der Waals surface area contributed by atoms with Gasteiger partial charge in [0.2, 0.25) is 5.91 Å². The molecular formula is C40H79NO7. The number of nitrogens with one attached hydrogen (secondary N) is 1. The summed E-state index contributed by atoms with van der Waals surface area (Å²) in [5.74, 6) is 0.0150. The van der Waals surface area contributed by atoms with Gasteiger partial charge in [-0.05, 0) is 12.8 Å². The summed E-state index contributed by atoms with van der Waals surface area (Å²) < 4.78 is 11.3. The number of rotatable bonds is 34. The van der Waals surface area contributed by atoms with Crippen LogP contribution in [0.3, 0.4) is 0 Å². The average molecular weight is 686 g/mol. The van der Waals surface area contributed by atoms with Crippen LogP contribution in [-0.4, -0.2) is 76.3 Å². The molecule has 0 unspecified atom stereocenters. The van der Waals surface area contributed by atoms with Crippen LogP contribution in [0, 0.1) is 0 Å². The van der Waals surface area contributed by atoms with Crippen molar-refractivity contribution in [1.82, 2.24) is 5.32 Å². The van der Waals surface area contributed by atoms with Gasteiger partial charge in [-0.1, -0.05) is 181 Å². The van der Waals surface area contributed by atoms with E-state index in [0.29, 0.717) is 6.42 Å². The Morgan fingerprint density at radius 1 is 0.583 bits per heavy atom. The van der Waals surface area contributed by atoms with Gasteiger partial charge in [0.15, 0.2) is 6.29 Å². The molecule has 0 saturated carbocycles. The molecule has 8 heteroatoms. The first kappa shape index (κ1) is 45.3. The topological polar surface area (TPSA) is 128 Å². The lowest BCUT2D eigenvalue weighted by atomic mass is 9.99. The molecule has 0 radical (unpaired) electrons. The van der Waals surface area contributed by atoms with E-state index in [0.717, 1.165) is 32.1 Å². The zero-order valence-electron chi connectivity index (χ0n) is 31.4. The molecular weight excluding hydrogens is 606 g/mol. The van der Waals surface area contributed by atoms with Crippen LogP contribution in [0.4, 0.5) is 0 Å². The molecule has 1 rings (SSSR count). The van der Waals surface area contributed by atoms with Crippen LogP contribution in [0.1, 0.15) is 200 Å². The summed E-state index contributed by atoms with van der Waals surface area (Å²) in [6.45, 7) is 4.11. The van der Waals surface area contributed by atoms with Crippen molar-refractivity contribution in [2.45, 2.75) is 237 Å². The Hall–Kier alpha value is -0.770. The number of hydrogen-bond donors (Lipinski definition) is 5. The van der Waals surface area contributed by atoms with E-state index in [4.69, 9.17) is 9.47 Å². The van der Waals surface area contributed by atoms with Crippen LogP contribution in [0.2, 0.25) is 0 Å². The van der Waals surface area contributed by atoms with Gasteiger partial charge in [0.05, 0.1) is 19.3 Å². The first-order valence-corrected chi connectivity index (χ1v) is 20.7. The maximum atomic E-state index is 12.8. The molecule has 286 valence electrons. The number of hydrogen-bond acceptors (Lipinski definition) is 7. The van der Waals surface area contributed by atoms with Crippen LogP contribution in [0.15, 0.2) is 0 Å². The molecule has 0 aromatic heterocycles. The van der Waals surface area contributed by atoms with Crippen molar-refractivity contribution in [3.63, 3.8) is 0 Å². The van der Waals surface area contributed by atoms with Crippen LogP contribution in [0.25, 0.3) is 0 Å². The number of aliphatic hydroxyl groups excluding tert-OH is 4. The molecule has 0 bridgehead atoms. The SMILES string of the molecule is CCCCCCCCCCCCCCCCCCCCCCCC(=O)N[C@H](CCCCCCCC)CO[C@H]1O[C@H](CO)[C@H](O)[C@H](O)[C@H]1O. The molecule has 1 amide bonds. The molecule has 0 aliphatic carbocycles. The second kappa shape index (κ2) is 32.2. The van der Waals surface area contributed by atoms with Crippen molar-refractivity contribution < 1.29 is 34.7 Å². The highest BCUT2D eigenvalue weighted by Crippen LogP contribution is 2.23. The number of aliphatic hydroxyl groups is 4. The standard InChI is InChI=1S/C40H79NO7/c1-3-5-7-9-11-12-13-14-15-16-17-18-19-20-21-22-23-24-25-27-29-31-36(43)41-34(30-28-26-10-8-6-4-2)33-47-40-39(46)38(45)37(44)35(32-42)48-40/h34-35,37-40,42,44-46H,3-33H2,1-2H3,(H,41,43)/t34-,35-,37+,38+,39-,40+/m1/s1. The lowest BCUT2D eigenvalue weighted by Gasteiger charge is -2.40. The lowest BCUT2D eigenvalue weighted by molar-refractivity contribution is -0.302. The quantitative estimate of drug-likeness (QED) is 0.0429. The van der Waals surface area contributed by atoms with Gasteiger partial charge >= 0.3 is 0 Å². The minimum Gasteiger partial charge on any atom is -0.394 e. The van der Waals surface area contributed by atoms with Crippen LogP contribution in [0.5, 0.6) is 0 Å². The summed E-state index contributed by atoms with van der Waals surface area (Å²) in [6, 6.07) is -0.231. The molecule has 8 nitrogen and oxygen atoms in total. The predicted octanol–water partition coefficient (Wildman–Crippen LogP) is 8.64. The Morgan fingerprint density at radius 2 is 0.979 bits per heavy atom. The third kappa shape index (κ3) is 23.6. The second-order valence-electron chi connectivity index (χ2n) is 14.7. The van der Waals surface area contributed by atoms with E-state index in [2.05, 4.69) is 19.2 Å². The zero-order chi connectivity index (χ0) is 35.1. The molecule has 0 spiro atoms. The molecule has 48 heavy (non-hydrogen) atoms. The van der Waals surface area contributed by atoms with Crippen LogP contribution >= 0.6 is 0 Å². The Morgan fingerprint density at radius 3 is 1.40 bits per heavy atom. The fourth-order valence-corrected chi connectivity index (χ4v) is 6.80. The van der Waals surface area contributed by atoms with Gasteiger partial charge in [-0.2, -0.15) is 0 Å². The van der Waals surface area contributed by atoms with Gasteiger partial charge in [0.25, 0.3) is 0 Å². The zero-order valence-corrected chi connectivity index (χ0v) is 31.4. The summed E-state index contributed by atoms with van der Waals surface area (Å²) in [6.07, 6.45) is 29.7. The number of carbonyl (C=O) groups excluding carboxylic acids is 1. The first-order chi connectivity index (χ1) is 23.4. The highest BCUT2D eigenvalue weighted by molar-refractivity contribution is 5.76. The maximum absolute atomic E-state index is 12.8. The monoisotopic (exact) mass is 686 g/mol. The summed E-state index contributed by atoms with van der Waals surface area (Å²) in [5.41, 5.74) is 0. The van der Waals surface area contributed by atoms with Gasteiger partial charge in [-0.3, -0.25) is 4.79 Å². The van der Waals surface area contributed by atoms with Crippen molar-refractivity contribution >= 4 is 5.91 Å². The van der Waals surface area contributed by atoms with Gasteiger partial charge in [-0.15, -0.1) is 0 Å². The van der Waals surface area contributed by atoms with Gasteiger partial charge < -0.3 is 35.2 Å². The van der Waals surface area contributed by atoms with E-state index in [9.17, 15) is 25.2 Å². The van der Waals surface area contributed by atoms with Gasteiger partial charge in [0.1, 0.15) is 24.4 Å². The molecule has 6 atom stereocenters. The van der Waals surface area contributed by atoms with Crippen LogP contribution < -0.4 is 5.32 Å². The molecule has 5 N–H and O–H groups in total. The Balaban J connectivity index is 2.11. The fourth-order valence-electron chi connectivity index (χ4n) is 6.80. The number of amides is 1. The normalized spacial score (nSPS) is 21.8. The second-order valence-corrected chi connectivity index (χ2v) is 14.7. The molecule has 1 saturated heterocycles. The predicted molar refractivity (Wildman–Crippen MR) is 197 cm³/mol. The fraction of sp³-hybridized carbons (Fsp3) is 0.975. The van der Waals surface area contributed by atoms with E-state index in [1.165, 1.54) is 148 Å². The first-order valence-electron chi connectivity index (χ1n) is 20.7. The Bertz CT molecular complexity index is 709. The summed E-state index contributed by atoms with van der Waals surface area (Å²) in [7, 11) is 0. The van der Waals surface area contributed by atoms with Crippen molar-refractivity contribution in [3.05, 3.63) is 0 Å². The third-order valence-corrected chi connectivity index (χ3v) is 10.1. The molecule has 1 fully saturated rings. The molecule has 0 aromatic rings. The smallest absolute Gasteiger partial charge is 0.220 e. The molecule has 1 aliphatic rings. The number of unbranched alkanes of at least 4 members (excludes halogenated alkanes) is 25. The van der Waals surface area contributed by atoms with Gasteiger partial charge in [0, 0.05) is 6.42 Å². The highest BCUT2D eigenvalue weighted by atomic mass is 16.7. The number of carbonyl (C=O) groups is 1. The summed E-state index contributed by atoms with van der Waals surface area (Å²) >= 11 is 0. The van der Waals surface area contributed by atoms with Crippen LogP contribution in [-0.2, 0) is 14.3 Å². The molecule has 0 aromatic carbocycles. The summed E-state index contributed by atoms with van der Waals surface area (Å²) in [5, 5.41) is 43.0. The van der Waals surface area contributed by atoms with Crippen molar-refractivity contribution in [3.8, 4) is 0 Å². The minimum atomic E-state index is -1.48. The van der Waals surface area contributed by atoms with Crippen molar-refractivity contribution in [1.29, 1.82) is 0 Å². The van der Waals surface area contributed by atoms with E-state index >= 15 is 0 Å². The van der Waals surface area contributed by atoms with E-state index in [1.54, 1.807) is 0 Å². The third-order valence-electron chi connectivity index (χ3n) is 10.1. The Labute approximate surface area is 295 Å². The molecule has 1 aliphatic heterocycles. The van der Waals surface area contributed by atoms with E-state index in [-0.39, 0.29) is 18.6 Å². The highest BCUT2D eigenvalue weighted by Gasteiger charge is 2.44. The maximum Gasteiger partial charge on any atom is 0.220 e. The minimum absolute atomic E-state index is 0.0150. The summed E-state index contributed by atoms with van der Waals surface area (Å²) in [4.78, 5) is 12.8. The molecule has 1 heterocycles.